The van der Waals surface area contributed by atoms with Gasteiger partial charge < -0.3 is 10.6 Å². The minimum Gasteiger partial charge on any atom is -0.361 e. The van der Waals surface area contributed by atoms with Crippen molar-refractivity contribution in [1.82, 2.24) is 19.9 Å². The molecule has 0 spiro atoms. The van der Waals surface area contributed by atoms with E-state index in [0.29, 0.717) is 18.3 Å². The topological polar surface area (TPSA) is 71.3 Å². The predicted octanol–water partition coefficient (Wildman–Crippen LogP) is 0.913. The van der Waals surface area contributed by atoms with Crippen LogP contribution < -0.4 is 10.6 Å². The lowest BCUT2D eigenvalue weighted by molar-refractivity contribution is -0.119. The Bertz CT molecular complexity index is 534. The van der Waals surface area contributed by atoms with Crippen molar-refractivity contribution >= 4 is 17.4 Å². The minimum atomic E-state index is -0.0288. The third-order valence-corrected chi connectivity index (χ3v) is 2.40. The monoisotopic (exact) mass is 247 g/mol. The van der Waals surface area contributed by atoms with Gasteiger partial charge in [0.2, 0.25) is 5.91 Å². The smallest absolute Gasteiger partial charge is 0.239 e. The van der Waals surface area contributed by atoms with Gasteiger partial charge in [-0.15, -0.1) is 0 Å². The molecule has 0 fully saturated rings. The Morgan fingerprint density at radius 3 is 3.06 bits per heavy atom. The van der Waals surface area contributed by atoms with E-state index in [1.54, 1.807) is 23.0 Å². The molecule has 6 heteroatoms. The number of anilines is 1. The van der Waals surface area contributed by atoms with Crippen LogP contribution in [0.3, 0.4) is 0 Å². The van der Waals surface area contributed by atoms with Crippen LogP contribution in [0.2, 0.25) is 0 Å². The normalized spacial score (nSPS) is 10.8. The molecule has 18 heavy (non-hydrogen) atoms. The molecule has 1 amide bonds. The summed E-state index contributed by atoms with van der Waals surface area (Å²) in [7, 11) is 0. The second-order valence-corrected chi connectivity index (χ2v) is 4.50. The number of rotatable bonds is 5. The summed E-state index contributed by atoms with van der Waals surface area (Å²) in [6.07, 6.45) is 3.48. The molecule has 0 atom stereocenters. The number of hydrogen-bond acceptors (Lipinski definition) is 4. The molecule has 0 aliphatic carbocycles. The van der Waals surface area contributed by atoms with Crippen molar-refractivity contribution in [3.8, 4) is 0 Å². The zero-order valence-electron chi connectivity index (χ0n) is 10.6. The molecular weight excluding hydrogens is 230 g/mol. The first-order valence-corrected chi connectivity index (χ1v) is 5.96. The van der Waals surface area contributed by atoms with Crippen LogP contribution in [-0.2, 0) is 4.79 Å². The van der Waals surface area contributed by atoms with Gasteiger partial charge in [0, 0.05) is 18.8 Å². The lowest BCUT2D eigenvalue weighted by Gasteiger charge is -2.08. The third-order valence-electron chi connectivity index (χ3n) is 2.40. The van der Waals surface area contributed by atoms with Gasteiger partial charge in [-0.1, -0.05) is 13.8 Å². The van der Waals surface area contributed by atoms with Crippen molar-refractivity contribution in [2.24, 2.45) is 5.92 Å². The number of nitrogens with one attached hydrogen (secondary N) is 2. The Balaban J connectivity index is 1.87. The number of hydrogen-bond donors (Lipinski definition) is 2. The van der Waals surface area contributed by atoms with Gasteiger partial charge in [-0.25, -0.2) is 9.50 Å². The van der Waals surface area contributed by atoms with Gasteiger partial charge in [-0.3, -0.25) is 4.79 Å². The Morgan fingerprint density at radius 2 is 2.28 bits per heavy atom. The van der Waals surface area contributed by atoms with Crippen LogP contribution in [-0.4, -0.2) is 33.6 Å². The second kappa shape index (κ2) is 5.48. The molecule has 2 N–H and O–H groups in total. The van der Waals surface area contributed by atoms with Gasteiger partial charge in [0.1, 0.15) is 5.82 Å². The van der Waals surface area contributed by atoms with E-state index in [2.05, 4.69) is 34.6 Å². The molecule has 0 aliphatic rings. The fourth-order valence-corrected chi connectivity index (χ4v) is 1.46. The summed E-state index contributed by atoms with van der Waals surface area (Å²) in [6.45, 7) is 5.03. The van der Waals surface area contributed by atoms with E-state index >= 15 is 0 Å². The van der Waals surface area contributed by atoms with E-state index in [1.165, 1.54) is 0 Å². The molecular formula is C12H17N5O. The number of fused-ring (bicyclic) bond motifs is 1. The van der Waals surface area contributed by atoms with Crippen LogP contribution in [0, 0.1) is 5.92 Å². The van der Waals surface area contributed by atoms with Gasteiger partial charge in [-0.2, -0.15) is 5.10 Å². The van der Waals surface area contributed by atoms with Crippen molar-refractivity contribution in [3.63, 3.8) is 0 Å². The molecule has 0 radical (unpaired) electrons. The first kappa shape index (κ1) is 12.3. The fourth-order valence-electron chi connectivity index (χ4n) is 1.46. The standard InChI is InChI=1S/C12H17N5O/c1-9(2)7-14-12(18)8-13-10-4-6-17-11(16-10)3-5-15-17/h3-6,9H,7-8H2,1-2H3,(H,13,16)(H,14,18). The van der Waals surface area contributed by atoms with Crippen LogP contribution in [0.15, 0.2) is 24.5 Å². The molecule has 2 aromatic rings. The van der Waals surface area contributed by atoms with Gasteiger partial charge in [-0.05, 0) is 12.0 Å². The second-order valence-electron chi connectivity index (χ2n) is 4.50. The van der Waals surface area contributed by atoms with Crippen molar-refractivity contribution in [3.05, 3.63) is 24.5 Å². The summed E-state index contributed by atoms with van der Waals surface area (Å²) in [6, 6.07) is 3.60. The van der Waals surface area contributed by atoms with E-state index in [9.17, 15) is 4.79 Å². The zero-order valence-corrected chi connectivity index (χ0v) is 10.6. The maximum Gasteiger partial charge on any atom is 0.239 e. The van der Waals surface area contributed by atoms with Crippen LogP contribution in [0.4, 0.5) is 5.82 Å². The van der Waals surface area contributed by atoms with E-state index in [1.807, 2.05) is 6.07 Å². The average Bonchev–Trinajstić information content (AvgIpc) is 2.81. The highest BCUT2D eigenvalue weighted by atomic mass is 16.1. The molecule has 0 bridgehead atoms. The van der Waals surface area contributed by atoms with Crippen molar-refractivity contribution in [1.29, 1.82) is 0 Å². The van der Waals surface area contributed by atoms with Crippen LogP contribution in [0.1, 0.15) is 13.8 Å². The first-order valence-electron chi connectivity index (χ1n) is 5.96. The number of carbonyl (C=O) groups excluding carboxylic acids is 1. The highest BCUT2D eigenvalue weighted by Gasteiger charge is 2.03. The minimum absolute atomic E-state index is 0.0288. The molecule has 0 saturated heterocycles. The SMILES string of the molecule is CC(C)CNC(=O)CNc1ccn2nccc2n1. The Hall–Kier alpha value is -2.11. The maximum absolute atomic E-state index is 11.5. The van der Waals surface area contributed by atoms with Crippen molar-refractivity contribution in [2.45, 2.75) is 13.8 Å². The van der Waals surface area contributed by atoms with Gasteiger partial charge >= 0.3 is 0 Å². The third kappa shape index (κ3) is 3.19. The molecule has 6 nitrogen and oxygen atoms in total. The molecule has 0 aliphatic heterocycles. The Kier molecular flexibility index (Phi) is 3.76. The van der Waals surface area contributed by atoms with Crippen LogP contribution >= 0.6 is 0 Å². The Labute approximate surface area is 105 Å². The quantitative estimate of drug-likeness (QED) is 0.824. The van der Waals surface area contributed by atoms with Crippen LogP contribution in [0.25, 0.3) is 5.65 Å². The van der Waals surface area contributed by atoms with Crippen LogP contribution in [0.5, 0.6) is 0 Å². The Morgan fingerprint density at radius 1 is 1.44 bits per heavy atom. The van der Waals surface area contributed by atoms with Crippen molar-refractivity contribution < 1.29 is 4.79 Å². The molecule has 2 heterocycles. The van der Waals surface area contributed by atoms with E-state index in [-0.39, 0.29) is 12.5 Å². The van der Waals surface area contributed by atoms with E-state index in [0.717, 1.165) is 5.65 Å². The summed E-state index contributed by atoms with van der Waals surface area (Å²) in [5.41, 5.74) is 0.752. The highest BCUT2D eigenvalue weighted by molar-refractivity contribution is 5.80. The maximum atomic E-state index is 11.5. The average molecular weight is 247 g/mol. The highest BCUT2D eigenvalue weighted by Crippen LogP contribution is 2.04. The number of aromatic nitrogens is 3. The van der Waals surface area contributed by atoms with Gasteiger partial charge in [0.05, 0.1) is 12.7 Å². The molecule has 0 saturated carbocycles. The lowest BCUT2D eigenvalue weighted by Crippen LogP contribution is -2.32. The predicted molar refractivity (Wildman–Crippen MR) is 69.3 cm³/mol. The molecule has 96 valence electrons. The molecule has 2 rings (SSSR count). The van der Waals surface area contributed by atoms with E-state index < -0.39 is 0 Å². The summed E-state index contributed by atoms with van der Waals surface area (Å²) >= 11 is 0. The van der Waals surface area contributed by atoms with Gasteiger partial charge in [0.25, 0.3) is 0 Å². The summed E-state index contributed by atoms with van der Waals surface area (Å²) in [4.78, 5) is 15.8. The van der Waals surface area contributed by atoms with E-state index in [4.69, 9.17) is 0 Å². The molecule has 0 aromatic carbocycles. The largest absolute Gasteiger partial charge is 0.361 e. The number of amides is 1. The lowest BCUT2D eigenvalue weighted by atomic mass is 10.2. The van der Waals surface area contributed by atoms with Crippen molar-refractivity contribution in [2.75, 3.05) is 18.4 Å². The zero-order chi connectivity index (χ0) is 13.0. The number of carbonyl (C=O) groups is 1. The summed E-state index contributed by atoms with van der Waals surface area (Å²) < 4.78 is 1.67. The summed E-state index contributed by atoms with van der Waals surface area (Å²) in [5.74, 6) is 1.09. The first-order chi connectivity index (χ1) is 8.65. The van der Waals surface area contributed by atoms with Gasteiger partial charge in [0.15, 0.2) is 5.65 Å². The summed E-state index contributed by atoms with van der Waals surface area (Å²) in [5, 5.41) is 9.87. The fraction of sp³-hybridized carbons (Fsp3) is 0.417. The molecule has 0 unspecified atom stereocenters. The number of nitrogens with zero attached hydrogens (tertiary/aromatic N) is 3. The molecule has 2 aromatic heterocycles.